The molecule has 0 aromatic heterocycles. The van der Waals surface area contributed by atoms with Gasteiger partial charge in [-0.25, -0.2) is 0 Å². The van der Waals surface area contributed by atoms with E-state index in [-0.39, 0.29) is 31.1 Å². The van der Waals surface area contributed by atoms with Gasteiger partial charge in [0.2, 0.25) is 0 Å². The van der Waals surface area contributed by atoms with E-state index in [0.717, 1.165) is 75.5 Å². The summed E-state index contributed by atoms with van der Waals surface area (Å²) in [6, 6.07) is 0. The van der Waals surface area contributed by atoms with Gasteiger partial charge in [0.05, 0.1) is 0 Å². The number of hydrogen-bond donors (Lipinski definition) is 0. The van der Waals surface area contributed by atoms with Crippen molar-refractivity contribution in [2.45, 2.75) is 317 Å². The zero-order valence-corrected chi connectivity index (χ0v) is 43.4. The lowest BCUT2D eigenvalue weighted by molar-refractivity contribution is -0.167. The first kappa shape index (κ1) is 61.4. The molecule has 6 heteroatoms. The Hall–Kier alpha value is -1.59. The van der Waals surface area contributed by atoms with Crippen LogP contribution in [0.25, 0.3) is 0 Å². The monoisotopic (exact) mass is 891 g/mol. The number of carbonyl (C=O) groups excluding carboxylic acids is 3. The number of esters is 3. The summed E-state index contributed by atoms with van der Waals surface area (Å²) in [5.74, 6) is 1.69. The Balaban J connectivity index is 4.30. The standard InChI is InChI=1S/C57H110O6/c1-7-53(6)45-39-33-27-21-15-10-8-9-11-17-23-30-36-42-48-57(60)63-54(50-62-56(59)47-41-35-29-24-18-20-26-32-38-44-52(4)5)49-61-55(58)46-40-34-28-22-16-13-12-14-19-25-31-37-43-51(2)3/h51-54H,7-50H2,1-6H3/t53?,54-/m0/s1. The molecular weight excluding hydrogens is 781 g/mol. The van der Waals surface area contributed by atoms with Crippen molar-refractivity contribution in [1.82, 2.24) is 0 Å². The molecule has 374 valence electrons. The summed E-state index contributed by atoms with van der Waals surface area (Å²) in [7, 11) is 0. The summed E-state index contributed by atoms with van der Waals surface area (Å²) in [5.41, 5.74) is 0. The lowest BCUT2D eigenvalue weighted by Gasteiger charge is -2.18. The van der Waals surface area contributed by atoms with Gasteiger partial charge in [-0.3, -0.25) is 14.4 Å². The summed E-state index contributed by atoms with van der Waals surface area (Å²) in [4.78, 5) is 38.1. The van der Waals surface area contributed by atoms with E-state index in [2.05, 4.69) is 41.5 Å². The molecule has 0 N–H and O–H groups in total. The second-order valence-electron chi connectivity index (χ2n) is 20.8. The van der Waals surface area contributed by atoms with Gasteiger partial charge in [0.15, 0.2) is 6.10 Å². The molecule has 0 rings (SSSR count). The Bertz CT molecular complexity index is 978. The zero-order valence-electron chi connectivity index (χ0n) is 43.4. The highest BCUT2D eigenvalue weighted by Crippen LogP contribution is 2.19. The van der Waals surface area contributed by atoms with Gasteiger partial charge in [-0.15, -0.1) is 0 Å². The fraction of sp³-hybridized carbons (Fsp3) is 0.947. The largest absolute Gasteiger partial charge is 0.462 e. The molecule has 63 heavy (non-hydrogen) atoms. The molecule has 0 aliphatic carbocycles. The molecule has 0 amide bonds. The minimum absolute atomic E-state index is 0.0641. The molecule has 0 bridgehead atoms. The number of ether oxygens (including phenoxy) is 3. The average Bonchev–Trinajstić information content (AvgIpc) is 3.25. The van der Waals surface area contributed by atoms with Crippen molar-refractivity contribution in [1.29, 1.82) is 0 Å². The van der Waals surface area contributed by atoms with E-state index in [4.69, 9.17) is 14.2 Å². The predicted octanol–water partition coefficient (Wildman–Crippen LogP) is 18.3. The molecule has 2 atom stereocenters. The number of carbonyl (C=O) groups is 3. The van der Waals surface area contributed by atoms with Crippen molar-refractivity contribution in [2.24, 2.45) is 17.8 Å². The Morgan fingerprint density at radius 3 is 0.825 bits per heavy atom. The first-order valence-corrected chi connectivity index (χ1v) is 28.1. The lowest BCUT2D eigenvalue weighted by Crippen LogP contribution is -2.30. The van der Waals surface area contributed by atoms with E-state index in [9.17, 15) is 14.4 Å². The van der Waals surface area contributed by atoms with Crippen LogP contribution in [0.3, 0.4) is 0 Å². The molecule has 0 radical (unpaired) electrons. The topological polar surface area (TPSA) is 78.9 Å². The third-order valence-electron chi connectivity index (χ3n) is 13.3. The Morgan fingerprint density at radius 1 is 0.317 bits per heavy atom. The van der Waals surface area contributed by atoms with Crippen LogP contribution in [0, 0.1) is 17.8 Å². The summed E-state index contributed by atoms with van der Waals surface area (Å²) in [6.45, 7) is 13.8. The minimum Gasteiger partial charge on any atom is -0.462 e. The SMILES string of the molecule is CCC(C)CCCCCCCCCCCCCCCCC(=O)O[C@@H](COC(=O)CCCCCCCCCCCCCCC(C)C)COC(=O)CCCCCCCCCCCC(C)C. The second kappa shape index (κ2) is 48.3. The van der Waals surface area contributed by atoms with E-state index in [1.54, 1.807) is 0 Å². The Morgan fingerprint density at radius 2 is 0.556 bits per heavy atom. The summed E-state index contributed by atoms with van der Waals surface area (Å²) in [6.07, 6.45) is 49.4. The van der Waals surface area contributed by atoms with Gasteiger partial charge in [-0.1, -0.05) is 273 Å². The van der Waals surface area contributed by atoms with E-state index >= 15 is 0 Å². The highest BCUT2D eigenvalue weighted by molar-refractivity contribution is 5.71. The maximum atomic E-state index is 12.8. The highest BCUT2D eigenvalue weighted by Gasteiger charge is 2.19. The van der Waals surface area contributed by atoms with E-state index < -0.39 is 6.10 Å². The minimum atomic E-state index is -0.763. The average molecular weight is 892 g/mol. The van der Waals surface area contributed by atoms with E-state index in [0.29, 0.717) is 19.3 Å². The van der Waals surface area contributed by atoms with Crippen LogP contribution in [0.1, 0.15) is 311 Å². The molecule has 0 fully saturated rings. The Labute approximate surface area is 393 Å². The molecule has 0 aliphatic rings. The van der Waals surface area contributed by atoms with Crippen molar-refractivity contribution in [3.63, 3.8) is 0 Å². The zero-order chi connectivity index (χ0) is 46.3. The van der Waals surface area contributed by atoms with Gasteiger partial charge < -0.3 is 14.2 Å². The van der Waals surface area contributed by atoms with Gasteiger partial charge in [0, 0.05) is 19.3 Å². The van der Waals surface area contributed by atoms with Crippen LogP contribution in [-0.4, -0.2) is 37.2 Å². The van der Waals surface area contributed by atoms with Crippen LogP contribution in [0.4, 0.5) is 0 Å². The maximum absolute atomic E-state index is 12.8. The molecule has 0 aliphatic heterocycles. The van der Waals surface area contributed by atoms with Crippen molar-refractivity contribution < 1.29 is 28.6 Å². The molecule has 0 saturated carbocycles. The van der Waals surface area contributed by atoms with Crippen LogP contribution in [0.15, 0.2) is 0 Å². The number of unbranched alkanes of at least 4 members (excludes halogenated alkanes) is 32. The Kier molecular flexibility index (Phi) is 47.1. The van der Waals surface area contributed by atoms with Gasteiger partial charge in [-0.05, 0) is 37.0 Å². The van der Waals surface area contributed by atoms with E-state index in [1.807, 2.05) is 0 Å². The van der Waals surface area contributed by atoms with Crippen LogP contribution in [0.5, 0.6) is 0 Å². The van der Waals surface area contributed by atoms with Crippen LogP contribution >= 0.6 is 0 Å². The third kappa shape index (κ3) is 49.7. The second-order valence-corrected chi connectivity index (χ2v) is 20.8. The molecule has 0 saturated heterocycles. The smallest absolute Gasteiger partial charge is 0.306 e. The third-order valence-corrected chi connectivity index (χ3v) is 13.3. The molecule has 0 heterocycles. The highest BCUT2D eigenvalue weighted by atomic mass is 16.6. The van der Waals surface area contributed by atoms with Crippen molar-refractivity contribution in [3.05, 3.63) is 0 Å². The van der Waals surface area contributed by atoms with Crippen LogP contribution in [0.2, 0.25) is 0 Å². The van der Waals surface area contributed by atoms with Crippen molar-refractivity contribution in [3.8, 4) is 0 Å². The van der Waals surface area contributed by atoms with Crippen molar-refractivity contribution >= 4 is 17.9 Å². The first-order chi connectivity index (χ1) is 30.6. The molecule has 0 aromatic rings. The summed E-state index contributed by atoms with van der Waals surface area (Å²) >= 11 is 0. The molecule has 6 nitrogen and oxygen atoms in total. The molecular formula is C57H110O6. The summed E-state index contributed by atoms with van der Waals surface area (Å²) in [5, 5.41) is 0. The predicted molar refractivity (Wildman–Crippen MR) is 270 cm³/mol. The number of rotatable bonds is 50. The fourth-order valence-electron chi connectivity index (χ4n) is 8.61. The number of hydrogen-bond acceptors (Lipinski definition) is 6. The van der Waals surface area contributed by atoms with Gasteiger partial charge in [0.25, 0.3) is 0 Å². The quantitative estimate of drug-likeness (QED) is 0.0344. The van der Waals surface area contributed by atoms with Gasteiger partial charge in [0.1, 0.15) is 13.2 Å². The lowest BCUT2D eigenvalue weighted by atomic mass is 9.99. The molecule has 0 spiro atoms. The first-order valence-electron chi connectivity index (χ1n) is 28.1. The molecule has 1 unspecified atom stereocenters. The summed E-state index contributed by atoms with van der Waals surface area (Å²) < 4.78 is 16.9. The normalized spacial score (nSPS) is 12.6. The fourth-order valence-corrected chi connectivity index (χ4v) is 8.61. The molecule has 0 aromatic carbocycles. The van der Waals surface area contributed by atoms with Crippen LogP contribution < -0.4 is 0 Å². The van der Waals surface area contributed by atoms with Gasteiger partial charge >= 0.3 is 17.9 Å². The van der Waals surface area contributed by atoms with E-state index in [1.165, 1.54) is 193 Å². The van der Waals surface area contributed by atoms with Crippen molar-refractivity contribution in [2.75, 3.05) is 13.2 Å². The van der Waals surface area contributed by atoms with Crippen LogP contribution in [-0.2, 0) is 28.6 Å². The maximum Gasteiger partial charge on any atom is 0.306 e. The van der Waals surface area contributed by atoms with Gasteiger partial charge in [-0.2, -0.15) is 0 Å².